The molecule has 1 rings (SSSR count). The first-order valence-corrected chi connectivity index (χ1v) is 8.14. The molecule has 0 aromatic carbocycles. The van der Waals surface area contributed by atoms with Gasteiger partial charge in [0.25, 0.3) is 0 Å². The quantitative estimate of drug-likeness (QED) is 0.642. The number of hydrogen-bond acceptors (Lipinski definition) is 3. The molecule has 0 aromatic heterocycles. The molecule has 1 amide bonds. The molecule has 21 heavy (non-hydrogen) atoms. The van der Waals surface area contributed by atoms with Gasteiger partial charge in [0.1, 0.15) is 0 Å². The summed E-state index contributed by atoms with van der Waals surface area (Å²) in [5.74, 6) is -1.12. The second-order valence-corrected chi connectivity index (χ2v) is 6.36. The van der Waals surface area contributed by atoms with Crippen LogP contribution in [0.1, 0.15) is 71.6 Å². The monoisotopic (exact) mass is 299 g/mol. The van der Waals surface area contributed by atoms with Crippen molar-refractivity contribution in [3.8, 4) is 0 Å². The largest absolute Gasteiger partial charge is 0.481 e. The van der Waals surface area contributed by atoms with Gasteiger partial charge in [0.15, 0.2) is 0 Å². The van der Waals surface area contributed by atoms with Crippen LogP contribution in [-0.4, -0.2) is 33.7 Å². The summed E-state index contributed by atoms with van der Waals surface area (Å²) < 4.78 is 0. The number of carbonyl (C=O) groups excluding carboxylic acids is 1. The number of hydrogen-bond donors (Lipinski definition) is 3. The molecule has 1 aliphatic rings. The Morgan fingerprint density at radius 2 is 1.62 bits per heavy atom. The molecule has 0 unspecified atom stereocenters. The number of carboxylic acid groups (broad SMARTS) is 1. The molecule has 0 heterocycles. The first-order chi connectivity index (χ1) is 9.90. The molecular formula is C16H29NO4. The van der Waals surface area contributed by atoms with Crippen LogP contribution in [0.4, 0.5) is 0 Å². The van der Waals surface area contributed by atoms with Crippen LogP contribution in [0, 0.1) is 5.92 Å². The highest BCUT2D eigenvalue weighted by molar-refractivity contribution is 5.77. The van der Waals surface area contributed by atoms with Crippen molar-refractivity contribution in [3.63, 3.8) is 0 Å². The zero-order valence-corrected chi connectivity index (χ0v) is 13.2. The minimum atomic E-state index is -0.897. The summed E-state index contributed by atoms with van der Waals surface area (Å²) in [5, 5.41) is 22.4. The standard InChI is InChI=1S/C16H29NO4/c1-3-9-16(21,10-4-2)11-14(18)17-13-7-5-12(6-8-13)15(19)20/h12-13,21H,3-11H2,1-2H3,(H,17,18)(H,19,20). The number of nitrogens with one attached hydrogen (secondary N) is 1. The minimum absolute atomic E-state index is 0.0561. The Morgan fingerprint density at radius 3 is 2.05 bits per heavy atom. The first kappa shape index (κ1) is 18.0. The predicted molar refractivity (Wildman–Crippen MR) is 80.9 cm³/mol. The van der Waals surface area contributed by atoms with Crippen LogP contribution in [0.5, 0.6) is 0 Å². The van der Waals surface area contributed by atoms with E-state index in [0.29, 0.717) is 38.5 Å². The summed E-state index contributed by atoms with van der Waals surface area (Å²) in [6.45, 7) is 4.01. The Hall–Kier alpha value is -1.10. The topological polar surface area (TPSA) is 86.6 Å². The van der Waals surface area contributed by atoms with Crippen molar-refractivity contribution in [2.75, 3.05) is 0 Å². The van der Waals surface area contributed by atoms with Crippen molar-refractivity contribution in [3.05, 3.63) is 0 Å². The molecule has 0 radical (unpaired) electrons. The molecule has 3 N–H and O–H groups in total. The molecule has 5 nitrogen and oxygen atoms in total. The van der Waals surface area contributed by atoms with Gasteiger partial charge in [-0.1, -0.05) is 26.7 Å². The fourth-order valence-corrected chi connectivity index (χ4v) is 3.29. The lowest BCUT2D eigenvalue weighted by Crippen LogP contribution is -2.43. The van der Waals surface area contributed by atoms with E-state index in [0.717, 1.165) is 12.8 Å². The van der Waals surface area contributed by atoms with Crippen molar-refractivity contribution in [1.82, 2.24) is 5.32 Å². The molecule has 1 saturated carbocycles. The Morgan fingerprint density at radius 1 is 1.10 bits per heavy atom. The predicted octanol–water partition coefficient (Wildman–Crippen LogP) is 2.47. The van der Waals surface area contributed by atoms with Crippen LogP contribution in [0.15, 0.2) is 0 Å². The number of aliphatic hydroxyl groups is 1. The van der Waals surface area contributed by atoms with Crippen molar-refractivity contribution in [2.45, 2.75) is 83.3 Å². The summed E-state index contributed by atoms with van der Waals surface area (Å²) in [5.41, 5.74) is -0.897. The van der Waals surface area contributed by atoms with Gasteiger partial charge in [0.05, 0.1) is 17.9 Å². The fraction of sp³-hybridized carbons (Fsp3) is 0.875. The van der Waals surface area contributed by atoms with Crippen molar-refractivity contribution < 1.29 is 19.8 Å². The van der Waals surface area contributed by atoms with Gasteiger partial charge in [-0.3, -0.25) is 9.59 Å². The second kappa shape index (κ2) is 8.37. The average Bonchev–Trinajstić information content (AvgIpc) is 2.39. The maximum Gasteiger partial charge on any atom is 0.306 e. The molecule has 122 valence electrons. The third-order valence-electron chi connectivity index (χ3n) is 4.36. The number of amides is 1. The molecule has 5 heteroatoms. The van der Waals surface area contributed by atoms with Crippen LogP contribution in [0.3, 0.4) is 0 Å². The van der Waals surface area contributed by atoms with Crippen LogP contribution in [-0.2, 0) is 9.59 Å². The third-order valence-corrected chi connectivity index (χ3v) is 4.36. The number of rotatable bonds is 8. The molecule has 1 fully saturated rings. The number of carboxylic acids is 1. The Kier molecular flexibility index (Phi) is 7.15. The van der Waals surface area contributed by atoms with E-state index in [1.165, 1.54) is 0 Å². The summed E-state index contributed by atoms with van der Waals surface area (Å²) in [6.07, 6.45) is 5.79. The van der Waals surface area contributed by atoms with Crippen LogP contribution in [0.2, 0.25) is 0 Å². The van der Waals surface area contributed by atoms with Gasteiger partial charge in [0.2, 0.25) is 5.91 Å². The lowest BCUT2D eigenvalue weighted by Gasteiger charge is -2.30. The van der Waals surface area contributed by atoms with E-state index >= 15 is 0 Å². The van der Waals surface area contributed by atoms with Crippen LogP contribution >= 0.6 is 0 Å². The molecule has 0 aromatic rings. The third kappa shape index (κ3) is 6.04. The maximum absolute atomic E-state index is 12.1. The molecular weight excluding hydrogens is 270 g/mol. The van der Waals surface area contributed by atoms with E-state index in [1.54, 1.807) is 0 Å². The van der Waals surface area contributed by atoms with Crippen molar-refractivity contribution in [2.24, 2.45) is 5.92 Å². The van der Waals surface area contributed by atoms with Gasteiger partial charge < -0.3 is 15.5 Å². The Balaban J connectivity index is 2.41. The highest BCUT2D eigenvalue weighted by Crippen LogP contribution is 2.26. The first-order valence-electron chi connectivity index (χ1n) is 8.14. The van der Waals surface area contributed by atoms with Gasteiger partial charge in [-0.25, -0.2) is 0 Å². The lowest BCUT2D eigenvalue weighted by atomic mass is 9.85. The van der Waals surface area contributed by atoms with Gasteiger partial charge >= 0.3 is 5.97 Å². The smallest absolute Gasteiger partial charge is 0.306 e. The zero-order valence-electron chi connectivity index (χ0n) is 13.2. The van der Waals surface area contributed by atoms with E-state index in [9.17, 15) is 14.7 Å². The highest BCUT2D eigenvalue weighted by Gasteiger charge is 2.31. The highest BCUT2D eigenvalue weighted by atomic mass is 16.4. The number of aliphatic carboxylic acids is 1. The van der Waals surface area contributed by atoms with Gasteiger partial charge in [-0.2, -0.15) is 0 Å². The van der Waals surface area contributed by atoms with E-state index in [-0.39, 0.29) is 24.3 Å². The lowest BCUT2D eigenvalue weighted by molar-refractivity contribution is -0.142. The SMILES string of the molecule is CCCC(O)(CCC)CC(=O)NC1CCC(C(=O)O)CC1. The Bertz CT molecular complexity index is 342. The summed E-state index contributed by atoms with van der Waals surface area (Å²) >= 11 is 0. The van der Waals surface area contributed by atoms with Gasteiger partial charge in [-0.15, -0.1) is 0 Å². The Labute approximate surface area is 127 Å². The summed E-state index contributed by atoms with van der Waals surface area (Å²) in [4.78, 5) is 23.0. The molecule has 0 saturated heterocycles. The molecule has 1 aliphatic carbocycles. The van der Waals surface area contributed by atoms with Crippen LogP contribution in [0.25, 0.3) is 0 Å². The normalized spacial score (nSPS) is 22.8. The minimum Gasteiger partial charge on any atom is -0.481 e. The van der Waals surface area contributed by atoms with Crippen molar-refractivity contribution in [1.29, 1.82) is 0 Å². The molecule has 0 aliphatic heterocycles. The van der Waals surface area contributed by atoms with Crippen molar-refractivity contribution >= 4 is 11.9 Å². The van der Waals surface area contributed by atoms with E-state index < -0.39 is 11.6 Å². The van der Waals surface area contributed by atoms with E-state index in [1.807, 2.05) is 13.8 Å². The van der Waals surface area contributed by atoms with E-state index in [4.69, 9.17) is 5.11 Å². The van der Waals surface area contributed by atoms with E-state index in [2.05, 4.69) is 5.32 Å². The average molecular weight is 299 g/mol. The molecule has 0 spiro atoms. The number of carbonyl (C=O) groups is 2. The van der Waals surface area contributed by atoms with Gasteiger partial charge in [-0.05, 0) is 38.5 Å². The van der Waals surface area contributed by atoms with Crippen LogP contribution < -0.4 is 5.32 Å². The zero-order chi connectivity index (χ0) is 15.9. The summed E-state index contributed by atoms with van der Waals surface area (Å²) in [6, 6.07) is 0.0561. The fourth-order valence-electron chi connectivity index (χ4n) is 3.29. The molecule has 0 bridgehead atoms. The second-order valence-electron chi connectivity index (χ2n) is 6.36. The molecule has 0 atom stereocenters. The summed E-state index contributed by atoms with van der Waals surface area (Å²) in [7, 11) is 0. The van der Waals surface area contributed by atoms with Gasteiger partial charge in [0, 0.05) is 6.04 Å². The maximum atomic E-state index is 12.1.